The topological polar surface area (TPSA) is 80.0 Å². The molecule has 0 aliphatic rings. The summed E-state index contributed by atoms with van der Waals surface area (Å²) in [6, 6.07) is 10.0. The van der Waals surface area contributed by atoms with E-state index in [1.807, 2.05) is 6.07 Å². The SMILES string of the molecule is Cc1cc(C(=O)Nc2cc(Cl)cc(Cl)c2)nc(NCc2ccco2)n1. The lowest BCUT2D eigenvalue weighted by atomic mass is 10.3. The Kier molecular flexibility index (Phi) is 5.21. The van der Waals surface area contributed by atoms with E-state index in [1.165, 1.54) is 0 Å². The molecule has 0 saturated carbocycles. The van der Waals surface area contributed by atoms with Gasteiger partial charge in [-0.3, -0.25) is 4.79 Å². The van der Waals surface area contributed by atoms with Crippen LogP contribution in [0.2, 0.25) is 10.0 Å². The molecule has 3 rings (SSSR count). The van der Waals surface area contributed by atoms with Crippen LogP contribution in [-0.4, -0.2) is 15.9 Å². The van der Waals surface area contributed by atoms with Gasteiger partial charge in [-0.15, -0.1) is 0 Å². The molecule has 0 aliphatic heterocycles. The Morgan fingerprint density at radius 2 is 1.92 bits per heavy atom. The highest BCUT2D eigenvalue weighted by molar-refractivity contribution is 6.35. The minimum Gasteiger partial charge on any atom is -0.467 e. The van der Waals surface area contributed by atoms with Crippen LogP contribution in [0.5, 0.6) is 0 Å². The number of aromatic nitrogens is 2. The third-order valence-electron chi connectivity index (χ3n) is 3.21. The van der Waals surface area contributed by atoms with Crippen molar-refractivity contribution in [2.75, 3.05) is 10.6 Å². The fourth-order valence-electron chi connectivity index (χ4n) is 2.16. The van der Waals surface area contributed by atoms with Crippen LogP contribution >= 0.6 is 23.2 Å². The van der Waals surface area contributed by atoms with Gasteiger partial charge in [0.1, 0.15) is 11.5 Å². The maximum Gasteiger partial charge on any atom is 0.274 e. The second-order valence-corrected chi connectivity index (χ2v) is 6.14. The van der Waals surface area contributed by atoms with Gasteiger partial charge in [-0.1, -0.05) is 23.2 Å². The summed E-state index contributed by atoms with van der Waals surface area (Å²) >= 11 is 11.9. The molecule has 1 amide bonds. The number of halogens is 2. The minimum atomic E-state index is -0.384. The molecule has 0 fully saturated rings. The second kappa shape index (κ2) is 7.55. The summed E-state index contributed by atoms with van der Waals surface area (Å²) in [4.78, 5) is 20.9. The molecule has 25 heavy (non-hydrogen) atoms. The van der Waals surface area contributed by atoms with E-state index in [-0.39, 0.29) is 11.6 Å². The molecule has 2 N–H and O–H groups in total. The molecule has 0 atom stereocenters. The fraction of sp³-hybridized carbons (Fsp3) is 0.118. The fourth-order valence-corrected chi connectivity index (χ4v) is 2.69. The Hall–Kier alpha value is -2.57. The summed E-state index contributed by atoms with van der Waals surface area (Å²) in [5.74, 6) is 0.695. The van der Waals surface area contributed by atoms with Gasteiger partial charge >= 0.3 is 0 Å². The molecular formula is C17H14Cl2N4O2. The van der Waals surface area contributed by atoms with Gasteiger partial charge in [0.15, 0.2) is 0 Å². The monoisotopic (exact) mass is 376 g/mol. The van der Waals surface area contributed by atoms with Crippen LogP contribution < -0.4 is 10.6 Å². The van der Waals surface area contributed by atoms with Crippen LogP contribution in [0.15, 0.2) is 47.1 Å². The standard InChI is InChI=1S/C17H14Cl2N4O2/c1-10-5-15(16(24)22-13-7-11(18)6-12(19)8-13)23-17(21-10)20-9-14-3-2-4-25-14/h2-8H,9H2,1H3,(H,22,24)(H,20,21,23). The molecule has 128 valence electrons. The molecule has 0 radical (unpaired) electrons. The van der Waals surface area contributed by atoms with E-state index >= 15 is 0 Å². The highest BCUT2D eigenvalue weighted by Gasteiger charge is 2.12. The number of anilines is 2. The molecule has 6 nitrogen and oxygen atoms in total. The molecule has 0 spiro atoms. The largest absolute Gasteiger partial charge is 0.467 e. The van der Waals surface area contributed by atoms with Gasteiger partial charge in [-0.2, -0.15) is 0 Å². The first-order valence-electron chi connectivity index (χ1n) is 7.39. The van der Waals surface area contributed by atoms with E-state index in [0.717, 1.165) is 5.76 Å². The number of benzene rings is 1. The van der Waals surface area contributed by atoms with E-state index in [2.05, 4.69) is 20.6 Å². The van der Waals surface area contributed by atoms with E-state index in [9.17, 15) is 4.79 Å². The first-order chi connectivity index (χ1) is 12.0. The molecule has 0 saturated heterocycles. The lowest BCUT2D eigenvalue weighted by Crippen LogP contribution is -2.16. The molecule has 0 bridgehead atoms. The highest BCUT2D eigenvalue weighted by atomic mass is 35.5. The van der Waals surface area contributed by atoms with Crippen molar-refractivity contribution in [2.24, 2.45) is 0 Å². The number of carbonyl (C=O) groups is 1. The minimum absolute atomic E-state index is 0.227. The first-order valence-corrected chi connectivity index (χ1v) is 8.14. The molecule has 0 aliphatic carbocycles. The third-order valence-corrected chi connectivity index (χ3v) is 3.64. The van der Waals surface area contributed by atoms with Gasteiger partial charge in [-0.25, -0.2) is 9.97 Å². The normalized spacial score (nSPS) is 10.5. The number of nitrogens with one attached hydrogen (secondary N) is 2. The zero-order valence-electron chi connectivity index (χ0n) is 13.2. The average Bonchev–Trinajstić information content (AvgIpc) is 3.05. The van der Waals surface area contributed by atoms with Crippen LogP contribution in [0.1, 0.15) is 21.9 Å². The second-order valence-electron chi connectivity index (χ2n) is 5.26. The molecule has 2 aromatic heterocycles. The van der Waals surface area contributed by atoms with Gasteiger partial charge in [0.2, 0.25) is 5.95 Å². The number of hydrogen-bond donors (Lipinski definition) is 2. The number of hydrogen-bond acceptors (Lipinski definition) is 5. The third kappa shape index (κ3) is 4.71. The maximum atomic E-state index is 12.4. The first kappa shape index (κ1) is 17.3. The van der Waals surface area contributed by atoms with Crippen molar-refractivity contribution < 1.29 is 9.21 Å². The Balaban J connectivity index is 1.75. The zero-order chi connectivity index (χ0) is 17.8. The smallest absolute Gasteiger partial charge is 0.274 e. The molecule has 3 aromatic rings. The number of aryl methyl sites for hydroxylation is 1. The summed E-state index contributed by atoms with van der Waals surface area (Å²) in [6.45, 7) is 2.20. The lowest BCUT2D eigenvalue weighted by Gasteiger charge is -2.09. The summed E-state index contributed by atoms with van der Waals surface area (Å²) in [5.41, 5.74) is 1.38. The lowest BCUT2D eigenvalue weighted by molar-refractivity contribution is 0.102. The highest BCUT2D eigenvalue weighted by Crippen LogP contribution is 2.23. The van der Waals surface area contributed by atoms with Crippen LogP contribution in [0, 0.1) is 6.92 Å². The Bertz CT molecular complexity index is 877. The van der Waals surface area contributed by atoms with Gasteiger partial charge in [0.05, 0.1) is 12.8 Å². The van der Waals surface area contributed by atoms with Crippen LogP contribution in [0.4, 0.5) is 11.6 Å². The van der Waals surface area contributed by atoms with Gasteiger partial charge in [0.25, 0.3) is 5.91 Å². The van der Waals surface area contributed by atoms with Crippen LogP contribution in [0.25, 0.3) is 0 Å². The van der Waals surface area contributed by atoms with Crippen molar-refractivity contribution in [1.29, 1.82) is 0 Å². The van der Waals surface area contributed by atoms with Crippen molar-refractivity contribution >= 4 is 40.7 Å². The molecular weight excluding hydrogens is 363 g/mol. The van der Waals surface area contributed by atoms with Crippen molar-refractivity contribution in [3.8, 4) is 0 Å². The molecule has 8 heteroatoms. The van der Waals surface area contributed by atoms with E-state index < -0.39 is 0 Å². The summed E-state index contributed by atoms with van der Waals surface area (Å²) in [6.07, 6.45) is 1.59. The number of amides is 1. The van der Waals surface area contributed by atoms with E-state index in [0.29, 0.717) is 33.9 Å². The Morgan fingerprint density at radius 1 is 1.16 bits per heavy atom. The Morgan fingerprint density at radius 3 is 2.60 bits per heavy atom. The zero-order valence-corrected chi connectivity index (χ0v) is 14.7. The number of carbonyl (C=O) groups excluding carboxylic acids is 1. The summed E-state index contributed by atoms with van der Waals surface area (Å²) < 4.78 is 5.24. The predicted octanol–water partition coefficient (Wildman–Crippen LogP) is 4.55. The molecule has 2 heterocycles. The van der Waals surface area contributed by atoms with Gasteiger partial charge in [0, 0.05) is 21.4 Å². The van der Waals surface area contributed by atoms with Crippen LogP contribution in [-0.2, 0) is 6.54 Å². The number of furan rings is 1. The predicted molar refractivity (Wildman–Crippen MR) is 97.2 cm³/mol. The average molecular weight is 377 g/mol. The summed E-state index contributed by atoms with van der Waals surface area (Å²) in [7, 11) is 0. The van der Waals surface area contributed by atoms with Crippen molar-refractivity contribution in [2.45, 2.75) is 13.5 Å². The van der Waals surface area contributed by atoms with E-state index in [1.54, 1.807) is 43.5 Å². The van der Waals surface area contributed by atoms with Crippen molar-refractivity contribution in [1.82, 2.24) is 9.97 Å². The number of rotatable bonds is 5. The van der Waals surface area contributed by atoms with E-state index in [4.69, 9.17) is 27.6 Å². The van der Waals surface area contributed by atoms with Crippen molar-refractivity contribution in [3.05, 3.63) is 69.9 Å². The van der Waals surface area contributed by atoms with Crippen molar-refractivity contribution in [3.63, 3.8) is 0 Å². The van der Waals surface area contributed by atoms with Crippen LogP contribution in [0.3, 0.4) is 0 Å². The van der Waals surface area contributed by atoms with Gasteiger partial charge in [-0.05, 0) is 43.3 Å². The number of nitrogens with zero attached hydrogens (tertiary/aromatic N) is 2. The molecule has 0 unspecified atom stereocenters. The van der Waals surface area contributed by atoms with Gasteiger partial charge < -0.3 is 15.1 Å². The quantitative estimate of drug-likeness (QED) is 0.682. The maximum absolute atomic E-state index is 12.4. The molecule has 1 aromatic carbocycles. The summed E-state index contributed by atoms with van der Waals surface area (Å²) in [5, 5.41) is 6.61. The Labute approximate surface area is 154 Å².